The second-order valence-corrected chi connectivity index (χ2v) is 17.8. The fourth-order valence-electron chi connectivity index (χ4n) is 4.61. The summed E-state index contributed by atoms with van der Waals surface area (Å²) < 4.78 is 70.8. The van der Waals surface area contributed by atoms with Crippen LogP contribution in [0.4, 0.5) is 0 Å². The fourth-order valence-corrected chi connectivity index (χ4v) is 10.3. The van der Waals surface area contributed by atoms with E-state index >= 15 is 0 Å². The van der Waals surface area contributed by atoms with Gasteiger partial charge in [-0.25, -0.2) is 0 Å². The zero-order chi connectivity index (χ0) is 26.8. The maximum Gasteiger partial charge on any atom is 0.264 e. The van der Waals surface area contributed by atoms with Crippen molar-refractivity contribution in [3.8, 4) is 0 Å². The van der Waals surface area contributed by atoms with Crippen molar-refractivity contribution in [2.24, 2.45) is 5.92 Å². The molecule has 1 aliphatic heterocycles. The maximum atomic E-state index is 11.9. The molecular weight excluding hydrogens is 759 g/mol. The van der Waals surface area contributed by atoms with Gasteiger partial charge in [0.05, 0.1) is 31.3 Å². The van der Waals surface area contributed by atoms with E-state index in [0.717, 1.165) is 22.9 Å². The van der Waals surface area contributed by atoms with Crippen molar-refractivity contribution in [2.45, 2.75) is 44.4 Å². The first-order valence-corrected chi connectivity index (χ1v) is 17.1. The van der Waals surface area contributed by atoms with Gasteiger partial charge in [0.1, 0.15) is 0 Å². The predicted molar refractivity (Wildman–Crippen MR) is 141 cm³/mol. The number of ether oxygens (including phenoxy) is 1. The smallest absolute Gasteiger partial charge is 0.264 e. The SMILES string of the molecule is C[C@H]1[C@@H](OS(C)(=O)=O)[CH-]O[C@@]1(CO[Si](c1ccccc1)(c1ccccc1)C(C)(C)C)COS(C)(=O)=O.[U]. The molecule has 1 heterocycles. The van der Waals surface area contributed by atoms with Crippen LogP contribution in [0.5, 0.6) is 0 Å². The number of hydrogen-bond donors (Lipinski definition) is 0. The molecule has 3 atom stereocenters. The van der Waals surface area contributed by atoms with Crippen LogP contribution in [-0.4, -0.2) is 62.6 Å². The molecule has 2 aromatic rings. The fraction of sp³-hybridized carbons (Fsp3) is 0.480. The standard InChI is InChI=1S/C25H35O8S2Si.U/c1-20-23(33-35(6,28)29)17-30-25(20,18-31-34(5,26)27)19-32-36(24(2,3)4,21-13-9-7-10-14-21)22-15-11-8-12-16-22;/h7-17,20,23H,18-19H2,1-6H3;/q-1;/t20-,23-,25+;/m0./s1. The molecule has 0 unspecified atom stereocenters. The Kier molecular flexibility index (Phi) is 10.9. The van der Waals surface area contributed by atoms with Crippen LogP contribution in [0.25, 0.3) is 0 Å². The molecule has 0 radical (unpaired) electrons. The zero-order valence-corrected chi connectivity index (χ0v) is 28.8. The van der Waals surface area contributed by atoms with Gasteiger partial charge in [0.25, 0.3) is 28.6 Å². The second kappa shape index (κ2) is 12.3. The minimum atomic E-state index is -3.81. The largest absolute Gasteiger partial charge is 0.541 e. The molecule has 2 aromatic carbocycles. The van der Waals surface area contributed by atoms with E-state index in [2.05, 4.69) is 20.8 Å². The van der Waals surface area contributed by atoms with Gasteiger partial charge in [0, 0.05) is 31.1 Å². The summed E-state index contributed by atoms with van der Waals surface area (Å²) in [5.74, 6) is -0.591. The summed E-state index contributed by atoms with van der Waals surface area (Å²) in [6.45, 7) is 8.99. The van der Waals surface area contributed by atoms with Gasteiger partial charge in [-0.05, 0) is 27.4 Å². The summed E-state index contributed by atoms with van der Waals surface area (Å²) in [4.78, 5) is 0. The van der Waals surface area contributed by atoms with E-state index in [-0.39, 0.29) is 49.4 Å². The van der Waals surface area contributed by atoms with Crippen LogP contribution in [-0.2, 0) is 37.8 Å². The molecule has 0 aliphatic carbocycles. The average Bonchev–Trinajstić information content (AvgIpc) is 3.07. The Bertz CT molecular complexity index is 1190. The summed E-state index contributed by atoms with van der Waals surface area (Å²) in [5, 5.41) is 1.76. The summed E-state index contributed by atoms with van der Waals surface area (Å²) in [6.07, 6.45) is 0.989. The molecule has 0 bridgehead atoms. The first-order valence-electron chi connectivity index (χ1n) is 11.6. The Hall–Kier alpha value is -0.551. The van der Waals surface area contributed by atoms with Crippen molar-refractivity contribution >= 4 is 38.9 Å². The van der Waals surface area contributed by atoms with Crippen LogP contribution in [0.2, 0.25) is 5.04 Å². The van der Waals surface area contributed by atoms with E-state index in [1.807, 2.05) is 60.7 Å². The van der Waals surface area contributed by atoms with Crippen LogP contribution >= 0.6 is 0 Å². The topological polar surface area (TPSA) is 105 Å². The van der Waals surface area contributed by atoms with E-state index in [0.29, 0.717) is 0 Å². The number of benzene rings is 2. The molecule has 37 heavy (non-hydrogen) atoms. The van der Waals surface area contributed by atoms with Gasteiger partial charge in [-0.3, -0.25) is 8.37 Å². The molecule has 0 aromatic heterocycles. The second-order valence-electron chi connectivity index (χ2n) is 10.3. The predicted octanol–water partition coefficient (Wildman–Crippen LogP) is 2.45. The van der Waals surface area contributed by atoms with E-state index < -0.39 is 46.2 Å². The third-order valence-corrected chi connectivity index (χ3v) is 12.6. The van der Waals surface area contributed by atoms with Gasteiger partial charge in [-0.1, -0.05) is 88.4 Å². The number of hydrogen-bond acceptors (Lipinski definition) is 8. The Balaban J connectivity index is 0.00000481. The van der Waals surface area contributed by atoms with Gasteiger partial charge in [-0.2, -0.15) is 23.4 Å². The van der Waals surface area contributed by atoms with E-state index in [4.69, 9.17) is 17.5 Å². The van der Waals surface area contributed by atoms with Crippen molar-refractivity contribution in [3.63, 3.8) is 0 Å². The van der Waals surface area contributed by atoms with E-state index in [9.17, 15) is 16.8 Å². The molecular formula is C25H35O8S2SiU-. The van der Waals surface area contributed by atoms with E-state index in [1.165, 1.54) is 6.61 Å². The molecule has 0 N–H and O–H groups in total. The van der Waals surface area contributed by atoms with Gasteiger partial charge in [-0.15, -0.1) is 0 Å². The molecule has 0 spiro atoms. The summed E-state index contributed by atoms with van der Waals surface area (Å²) in [5.41, 5.74) is -1.30. The van der Waals surface area contributed by atoms with Gasteiger partial charge in [0.2, 0.25) is 0 Å². The molecule has 0 saturated carbocycles. The summed E-state index contributed by atoms with van der Waals surface area (Å²) in [6, 6.07) is 20.0. The zero-order valence-electron chi connectivity index (χ0n) is 22.0. The quantitative estimate of drug-likeness (QED) is 0.206. The molecule has 12 heteroatoms. The first kappa shape index (κ1) is 32.7. The van der Waals surface area contributed by atoms with Crippen LogP contribution in [0.3, 0.4) is 0 Å². The molecule has 1 fully saturated rings. The third kappa shape index (κ3) is 7.77. The van der Waals surface area contributed by atoms with Crippen molar-refractivity contribution in [3.05, 3.63) is 67.3 Å². The Morgan fingerprint density at radius 3 is 1.78 bits per heavy atom. The number of rotatable bonds is 10. The van der Waals surface area contributed by atoms with Crippen molar-refractivity contribution in [1.82, 2.24) is 0 Å². The Labute approximate surface area is 246 Å². The van der Waals surface area contributed by atoms with Crippen LogP contribution in [0, 0.1) is 43.6 Å². The third-order valence-electron chi connectivity index (χ3n) is 6.51. The van der Waals surface area contributed by atoms with Crippen LogP contribution in [0.15, 0.2) is 60.7 Å². The van der Waals surface area contributed by atoms with Gasteiger partial charge in [0.15, 0.2) is 0 Å². The molecule has 1 saturated heterocycles. The van der Waals surface area contributed by atoms with Crippen molar-refractivity contribution in [1.29, 1.82) is 0 Å². The van der Waals surface area contributed by atoms with Crippen LogP contribution in [0.1, 0.15) is 27.7 Å². The first-order chi connectivity index (χ1) is 16.6. The Morgan fingerprint density at radius 1 is 0.892 bits per heavy atom. The minimum Gasteiger partial charge on any atom is -0.541 e. The van der Waals surface area contributed by atoms with E-state index in [1.54, 1.807) is 6.92 Å². The van der Waals surface area contributed by atoms with Gasteiger partial charge >= 0.3 is 0 Å². The summed E-state index contributed by atoms with van der Waals surface area (Å²) >= 11 is 0. The maximum absolute atomic E-state index is 11.9. The molecule has 0 amide bonds. The van der Waals surface area contributed by atoms with Gasteiger partial charge < -0.3 is 9.16 Å². The average molecular weight is 794 g/mol. The minimum absolute atomic E-state index is 0. The molecule has 3 rings (SSSR count). The molecule has 1 aliphatic rings. The molecule has 8 nitrogen and oxygen atoms in total. The normalized spacial score (nSPS) is 23.0. The van der Waals surface area contributed by atoms with Crippen molar-refractivity contribution in [2.75, 3.05) is 25.7 Å². The monoisotopic (exact) mass is 793 g/mol. The molecule has 204 valence electrons. The van der Waals surface area contributed by atoms with Crippen molar-refractivity contribution < 1.29 is 65.5 Å². The summed E-state index contributed by atoms with van der Waals surface area (Å²) in [7, 11) is -10.6. The Morgan fingerprint density at radius 2 is 1.38 bits per heavy atom. The van der Waals surface area contributed by atoms with Crippen LogP contribution < -0.4 is 10.4 Å².